The van der Waals surface area contributed by atoms with Gasteiger partial charge in [-0.05, 0) is 30.4 Å². The van der Waals surface area contributed by atoms with Crippen LogP contribution in [-0.2, 0) is 17.8 Å². The lowest BCUT2D eigenvalue weighted by Gasteiger charge is -2.16. The third kappa shape index (κ3) is 4.79. The lowest BCUT2D eigenvalue weighted by atomic mass is 10.2. The minimum absolute atomic E-state index is 0.118. The van der Waals surface area contributed by atoms with Crippen LogP contribution in [0.2, 0.25) is 0 Å². The zero-order chi connectivity index (χ0) is 16.8. The van der Waals surface area contributed by atoms with Crippen LogP contribution in [0.15, 0.2) is 35.8 Å². The quantitative estimate of drug-likeness (QED) is 0.838. The molecule has 1 fully saturated rings. The van der Waals surface area contributed by atoms with Gasteiger partial charge in [-0.15, -0.1) is 11.3 Å². The number of nitrogens with zero attached hydrogens (tertiary/aromatic N) is 2. The first-order valence-corrected chi connectivity index (χ1v) is 9.22. The van der Waals surface area contributed by atoms with Gasteiger partial charge in [-0.2, -0.15) is 0 Å². The number of pyridine rings is 1. The van der Waals surface area contributed by atoms with Gasteiger partial charge in [-0.3, -0.25) is 9.69 Å². The predicted octanol–water partition coefficient (Wildman–Crippen LogP) is 2.48. The monoisotopic (exact) mass is 345 g/mol. The Morgan fingerprint density at radius 1 is 1.46 bits per heavy atom. The lowest BCUT2D eigenvalue weighted by molar-refractivity contribution is -0.121. The Morgan fingerprint density at radius 3 is 3.08 bits per heavy atom. The number of hydrogen-bond donors (Lipinski definition) is 1. The number of nitrogens with one attached hydrogen (secondary N) is 1. The van der Waals surface area contributed by atoms with E-state index in [1.807, 2.05) is 36.7 Å². The van der Waals surface area contributed by atoms with Gasteiger partial charge in [0.15, 0.2) is 0 Å². The molecule has 2 aromatic rings. The highest BCUT2D eigenvalue weighted by Gasteiger charge is 2.24. The molecule has 6 heteroatoms. The summed E-state index contributed by atoms with van der Waals surface area (Å²) in [5.74, 6) is 0.786. The minimum atomic E-state index is 0.118. The van der Waals surface area contributed by atoms with Gasteiger partial charge in [0.05, 0.1) is 13.0 Å². The molecule has 1 N–H and O–H groups in total. The number of ether oxygens (including phenoxy) is 1. The van der Waals surface area contributed by atoms with Gasteiger partial charge in [-0.1, -0.05) is 12.1 Å². The Kier molecular flexibility index (Phi) is 5.82. The maximum atomic E-state index is 12.1. The van der Waals surface area contributed by atoms with Crippen molar-refractivity contribution < 1.29 is 9.53 Å². The van der Waals surface area contributed by atoms with E-state index in [0.717, 1.165) is 30.9 Å². The molecule has 1 atom stereocenters. The molecule has 0 saturated carbocycles. The fourth-order valence-corrected chi connectivity index (χ4v) is 3.64. The first-order valence-electron chi connectivity index (χ1n) is 8.34. The summed E-state index contributed by atoms with van der Waals surface area (Å²) in [6, 6.07) is 8.20. The van der Waals surface area contributed by atoms with Gasteiger partial charge < -0.3 is 10.1 Å². The van der Waals surface area contributed by atoms with Gasteiger partial charge in [-0.25, -0.2) is 4.98 Å². The molecule has 24 heavy (non-hydrogen) atoms. The van der Waals surface area contributed by atoms with Crippen molar-refractivity contribution in [2.75, 3.05) is 19.7 Å². The van der Waals surface area contributed by atoms with Crippen molar-refractivity contribution in [1.29, 1.82) is 0 Å². The third-order valence-electron chi connectivity index (χ3n) is 4.05. The lowest BCUT2D eigenvalue weighted by Crippen LogP contribution is -2.37. The fourth-order valence-electron chi connectivity index (χ4n) is 2.94. The first kappa shape index (κ1) is 16.9. The Labute approximate surface area is 146 Å². The van der Waals surface area contributed by atoms with Crippen LogP contribution in [-0.4, -0.2) is 41.5 Å². The smallest absolute Gasteiger partial charge is 0.225 e. The maximum absolute atomic E-state index is 12.1. The van der Waals surface area contributed by atoms with E-state index in [9.17, 15) is 4.79 Å². The summed E-state index contributed by atoms with van der Waals surface area (Å²) >= 11 is 1.63. The van der Waals surface area contributed by atoms with Crippen LogP contribution in [0.4, 0.5) is 0 Å². The summed E-state index contributed by atoms with van der Waals surface area (Å²) < 4.78 is 5.36. The van der Waals surface area contributed by atoms with Crippen LogP contribution in [0, 0.1) is 0 Å². The normalized spacial score (nSPS) is 17.8. The predicted molar refractivity (Wildman–Crippen MR) is 95.3 cm³/mol. The van der Waals surface area contributed by atoms with Crippen LogP contribution in [0.5, 0.6) is 5.88 Å². The van der Waals surface area contributed by atoms with Crippen LogP contribution >= 0.6 is 11.3 Å². The van der Waals surface area contributed by atoms with Crippen LogP contribution in [0.3, 0.4) is 0 Å². The minimum Gasteiger partial charge on any atom is -0.478 e. The number of amides is 1. The van der Waals surface area contributed by atoms with Gasteiger partial charge >= 0.3 is 0 Å². The van der Waals surface area contributed by atoms with Gasteiger partial charge in [0.2, 0.25) is 11.8 Å². The number of carbonyl (C=O) groups excluding carboxylic acids is 1. The molecule has 1 saturated heterocycles. The van der Waals surface area contributed by atoms with Crippen molar-refractivity contribution in [2.45, 2.75) is 32.4 Å². The molecule has 0 spiro atoms. The van der Waals surface area contributed by atoms with Crippen molar-refractivity contribution >= 4 is 17.2 Å². The van der Waals surface area contributed by atoms with E-state index >= 15 is 0 Å². The topological polar surface area (TPSA) is 54.5 Å². The number of carbonyl (C=O) groups is 1. The number of thiophene rings is 1. The second-order valence-corrected chi connectivity index (χ2v) is 7.01. The highest BCUT2D eigenvalue weighted by atomic mass is 32.1. The summed E-state index contributed by atoms with van der Waals surface area (Å²) in [7, 11) is 0. The average molecular weight is 345 g/mol. The summed E-state index contributed by atoms with van der Waals surface area (Å²) in [5.41, 5.74) is 1.17. The Balaban J connectivity index is 1.44. The molecule has 1 amide bonds. The van der Waals surface area contributed by atoms with Gasteiger partial charge in [0, 0.05) is 42.8 Å². The van der Waals surface area contributed by atoms with Crippen LogP contribution in [0.1, 0.15) is 23.8 Å². The van der Waals surface area contributed by atoms with E-state index in [1.54, 1.807) is 11.3 Å². The molecule has 0 bridgehead atoms. The SMILES string of the molecule is CCOc1ccc(CN2CC[C@@H](NC(=O)Cc3cccs3)C2)cn1. The van der Waals surface area contributed by atoms with Crippen molar-refractivity contribution in [3.05, 3.63) is 46.3 Å². The Hall–Kier alpha value is -1.92. The molecule has 1 aliphatic rings. The summed E-state index contributed by atoms with van der Waals surface area (Å²) in [6.07, 6.45) is 3.35. The zero-order valence-electron chi connectivity index (χ0n) is 13.9. The summed E-state index contributed by atoms with van der Waals surface area (Å²) in [4.78, 5) is 19.9. The standard InChI is InChI=1S/C18H23N3O2S/c1-2-23-18-6-5-14(11-19-18)12-21-8-7-15(13-21)20-17(22)10-16-4-3-9-24-16/h3-6,9,11,15H,2,7-8,10,12-13H2,1H3,(H,20,22)/t15-/m1/s1. The highest BCUT2D eigenvalue weighted by molar-refractivity contribution is 7.10. The fraction of sp³-hybridized carbons (Fsp3) is 0.444. The average Bonchev–Trinajstić information content (AvgIpc) is 3.22. The molecular formula is C18H23N3O2S. The van der Waals surface area contributed by atoms with E-state index in [1.165, 1.54) is 5.56 Å². The van der Waals surface area contributed by atoms with E-state index < -0.39 is 0 Å². The number of rotatable bonds is 7. The number of likely N-dealkylation sites (tertiary alicyclic amines) is 1. The van der Waals surface area contributed by atoms with Crippen molar-refractivity contribution in [3.8, 4) is 5.88 Å². The molecule has 0 unspecified atom stereocenters. The largest absolute Gasteiger partial charge is 0.478 e. The Morgan fingerprint density at radius 2 is 2.38 bits per heavy atom. The number of aromatic nitrogens is 1. The van der Waals surface area contributed by atoms with Crippen molar-refractivity contribution in [1.82, 2.24) is 15.2 Å². The summed E-state index contributed by atoms with van der Waals surface area (Å²) in [5, 5.41) is 5.15. The molecule has 5 nitrogen and oxygen atoms in total. The van der Waals surface area contributed by atoms with Crippen molar-refractivity contribution in [3.63, 3.8) is 0 Å². The van der Waals surface area contributed by atoms with E-state index in [2.05, 4.69) is 21.3 Å². The molecule has 2 aromatic heterocycles. The second kappa shape index (κ2) is 8.26. The molecule has 0 aromatic carbocycles. The molecule has 128 valence electrons. The molecule has 0 aliphatic carbocycles. The summed E-state index contributed by atoms with van der Waals surface area (Å²) in [6.45, 7) is 5.33. The van der Waals surface area contributed by atoms with E-state index in [-0.39, 0.29) is 11.9 Å². The maximum Gasteiger partial charge on any atom is 0.225 e. The molecule has 3 rings (SSSR count). The van der Waals surface area contributed by atoms with Gasteiger partial charge in [0.1, 0.15) is 0 Å². The van der Waals surface area contributed by atoms with E-state index in [0.29, 0.717) is 18.9 Å². The number of hydrogen-bond acceptors (Lipinski definition) is 5. The molecule has 3 heterocycles. The first-order chi connectivity index (χ1) is 11.7. The van der Waals surface area contributed by atoms with Crippen LogP contribution < -0.4 is 10.1 Å². The van der Waals surface area contributed by atoms with E-state index in [4.69, 9.17) is 4.74 Å². The van der Waals surface area contributed by atoms with Crippen molar-refractivity contribution in [2.24, 2.45) is 0 Å². The Bertz CT molecular complexity index is 643. The third-order valence-corrected chi connectivity index (χ3v) is 4.92. The van der Waals surface area contributed by atoms with Crippen LogP contribution in [0.25, 0.3) is 0 Å². The zero-order valence-corrected chi connectivity index (χ0v) is 14.7. The highest BCUT2D eigenvalue weighted by Crippen LogP contribution is 2.15. The van der Waals surface area contributed by atoms with Gasteiger partial charge in [0.25, 0.3) is 0 Å². The second-order valence-electron chi connectivity index (χ2n) is 5.98. The molecule has 1 aliphatic heterocycles. The molecule has 0 radical (unpaired) electrons. The molecular weight excluding hydrogens is 322 g/mol.